The van der Waals surface area contributed by atoms with Crippen molar-refractivity contribution in [3.05, 3.63) is 30.1 Å². The second-order valence-electron chi connectivity index (χ2n) is 4.39. The Labute approximate surface area is 103 Å². The lowest BCUT2D eigenvalue weighted by molar-refractivity contribution is -0.135. The Morgan fingerprint density at radius 3 is 2.59 bits per heavy atom. The van der Waals surface area contributed by atoms with E-state index in [2.05, 4.69) is 10.3 Å². The Hall–Kier alpha value is -1.42. The quantitative estimate of drug-likeness (QED) is 0.839. The molecule has 0 aromatic carbocycles. The molecule has 1 N–H and O–H groups in total. The van der Waals surface area contributed by atoms with Crippen molar-refractivity contribution in [2.45, 2.75) is 39.4 Å². The normalized spacial score (nSPS) is 12.5. The fourth-order valence-corrected chi connectivity index (χ4v) is 1.55. The number of carbonyl (C=O) groups is 1. The molecule has 17 heavy (non-hydrogen) atoms. The molecule has 0 saturated carbocycles. The first kappa shape index (κ1) is 13.6. The van der Waals surface area contributed by atoms with Gasteiger partial charge in [-0.1, -0.05) is 6.07 Å². The molecule has 0 aliphatic carbocycles. The van der Waals surface area contributed by atoms with Gasteiger partial charge in [0, 0.05) is 12.2 Å². The lowest BCUT2D eigenvalue weighted by Gasteiger charge is -2.29. The van der Waals surface area contributed by atoms with Crippen LogP contribution in [0.4, 0.5) is 0 Å². The molecule has 1 heterocycles. The van der Waals surface area contributed by atoms with Crippen molar-refractivity contribution in [3.8, 4) is 0 Å². The summed E-state index contributed by atoms with van der Waals surface area (Å²) in [6.45, 7) is 6.46. The van der Waals surface area contributed by atoms with Crippen molar-refractivity contribution in [1.82, 2.24) is 15.2 Å². The Kier molecular flexibility index (Phi) is 5.10. The van der Waals surface area contributed by atoms with Gasteiger partial charge in [0.1, 0.15) is 0 Å². The van der Waals surface area contributed by atoms with Gasteiger partial charge in [0.15, 0.2) is 0 Å². The second kappa shape index (κ2) is 6.35. The molecule has 0 aliphatic heterocycles. The number of hydrogen-bond donors (Lipinski definition) is 1. The first-order valence-corrected chi connectivity index (χ1v) is 5.94. The maximum absolute atomic E-state index is 12.2. The van der Waals surface area contributed by atoms with Gasteiger partial charge in [0.2, 0.25) is 5.91 Å². The monoisotopic (exact) mass is 235 g/mol. The average molecular weight is 235 g/mol. The van der Waals surface area contributed by atoms with Crippen LogP contribution >= 0.6 is 0 Å². The molecule has 1 rings (SSSR count). The maximum Gasteiger partial charge on any atom is 0.239 e. The molecule has 94 valence electrons. The third kappa shape index (κ3) is 3.82. The topological polar surface area (TPSA) is 45.2 Å². The number of likely N-dealkylation sites (N-methyl/N-ethyl adjacent to an activating group) is 1. The van der Waals surface area contributed by atoms with Crippen LogP contribution in [-0.2, 0) is 11.3 Å². The van der Waals surface area contributed by atoms with Gasteiger partial charge >= 0.3 is 0 Å². The van der Waals surface area contributed by atoms with E-state index in [0.717, 1.165) is 5.69 Å². The summed E-state index contributed by atoms with van der Waals surface area (Å²) in [6.07, 6.45) is 1.75. The summed E-state index contributed by atoms with van der Waals surface area (Å²) in [6, 6.07) is 5.75. The van der Waals surface area contributed by atoms with Gasteiger partial charge in [0.25, 0.3) is 0 Å². The third-order valence-corrected chi connectivity index (χ3v) is 2.77. The van der Waals surface area contributed by atoms with Crippen LogP contribution in [0.3, 0.4) is 0 Å². The van der Waals surface area contributed by atoms with Crippen LogP contribution in [0.2, 0.25) is 0 Å². The van der Waals surface area contributed by atoms with Crippen LogP contribution in [0, 0.1) is 0 Å². The summed E-state index contributed by atoms with van der Waals surface area (Å²) >= 11 is 0. The number of carbonyl (C=O) groups excluding carboxylic acids is 1. The first-order chi connectivity index (χ1) is 8.06. The van der Waals surface area contributed by atoms with E-state index in [-0.39, 0.29) is 18.0 Å². The molecule has 0 fully saturated rings. The van der Waals surface area contributed by atoms with Crippen LogP contribution in [-0.4, -0.2) is 34.9 Å². The molecule has 0 bridgehead atoms. The summed E-state index contributed by atoms with van der Waals surface area (Å²) < 4.78 is 0. The van der Waals surface area contributed by atoms with Crippen molar-refractivity contribution in [2.24, 2.45) is 0 Å². The van der Waals surface area contributed by atoms with Gasteiger partial charge in [-0.25, -0.2) is 0 Å². The number of rotatable bonds is 5. The molecule has 0 saturated heterocycles. The van der Waals surface area contributed by atoms with E-state index >= 15 is 0 Å². The molecule has 0 spiro atoms. The van der Waals surface area contributed by atoms with Crippen molar-refractivity contribution in [1.29, 1.82) is 0 Å². The summed E-state index contributed by atoms with van der Waals surface area (Å²) in [5.41, 5.74) is 0.915. The third-order valence-electron chi connectivity index (χ3n) is 2.77. The molecule has 1 unspecified atom stereocenters. The number of pyridine rings is 1. The summed E-state index contributed by atoms with van der Waals surface area (Å²) in [5, 5.41) is 2.97. The minimum absolute atomic E-state index is 0.105. The fourth-order valence-electron chi connectivity index (χ4n) is 1.55. The number of nitrogens with one attached hydrogen (secondary N) is 1. The molecule has 4 heteroatoms. The number of aromatic nitrogens is 1. The zero-order valence-corrected chi connectivity index (χ0v) is 11.0. The van der Waals surface area contributed by atoms with Crippen molar-refractivity contribution >= 4 is 5.91 Å². The van der Waals surface area contributed by atoms with Gasteiger partial charge in [0.05, 0.1) is 18.3 Å². The van der Waals surface area contributed by atoms with Gasteiger partial charge in [-0.2, -0.15) is 0 Å². The molecular weight excluding hydrogens is 214 g/mol. The highest BCUT2D eigenvalue weighted by atomic mass is 16.2. The van der Waals surface area contributed by atoms with E-state index in [1.54, 1.807) is 13.2 Å². The van der Waals surface area contributed by atoms with Crippen LogP contribution in [0.15, 0.2) is 24.4 Å². The van der Waals surface area contributed by atoms with Crippen LogP contribution in [0.5, 0.6) is 0 Å². The summed E-state index contributed by atoms with van der Waals surface area (Å²) in [5.74, 6) is 0.105. The van der Waals surface area contributed by atoms with E-state index in [0.29, 0.717) is 6.54 Å². The highest BCUT2D eigenvalue weighted by Gasteiger charge is 2.21. The highest BCUT2D eigenvalue weighted by Crippen LogP contribution is 2.08. The molecule has 0 aliphatic rings. The van der Waals surface area contributed by atoms with Gasteiger partial charge in [-0.15, -0.1) is 0 Å². The van der Waals surface area contributed by atoms with Crippen LogP contribution in [0.25, 0.3) is 0 Å². The molecule has 0 radical (unpaired) electrons. The lowest BCUT2D eigenvalue weighted by Crippen LogP contribution is -2.46. The van der Waals surface area contributed by atoms with Crippen molar-refractivity contribution in [3.63, 3.8) is 0 Å². The number of amides is 1. The smallest absolute Gasteiger partial charge is 0.239 e. The zero-order valence-electron chi connectivity index (χ0n) is 11.0. The predicted octanol–water partition coefficient (Wildman–Crippen LogP) is 1.43. The fraction of sp³-hybridized carbons (Fsp3) is 0.538. The second-order valence-corrected chi connectivity index (χ2v) is 4.39. The molecule has 1 aromatic heterocycles. The van der Waals surface area contributed by atoms with Crippen molar-refractivity contribution in [2.75, 3.05) is 7.05 Å². The Morgan fingerprint density at radius 2 is 2.12 bits per heavy atom. The van der Waals surface area contributed by atoms with Gasteiger partial charge < -0.3 is 10.2 Å². The Balaban J connectivity index is 2.77. The van der Waals surface area contributed by atoms with Crippen LogP contribution in [0.1, 0.15) is 26.5 Å². The van der Waals surface area contributed by atoms with E-state index in [1.165, 1.54) is 0 Å². The summed E-state index contributed by atoms with van der Waals surface area (Å²) in [7, 11) is 1.79. The zero-order chi connectivity index (χ0) is 12.8. The highest BCUT2D eigenvalue weighted by molar-refractivity contribution is 5.81. The molecule has 4 nitrogen and oxygen atoms in total. The minimum Gasteiger partial charge on any atom is -0.333 e. The van der Waals surface area contributed by atoms with E-state index in [4.69, 9.17) is 0 Å². The predicted molar refractivity (Wildman–Crippen MR) is 68.4 cm³/mol. The molecule has 1 aromatic rings. The summed E-state index contributed by atoms with van der Waals surface area (Å²) in [4.78, 5) is 18.2. The van der Waals surface area contributed by atoms with Gasteiger partial charge in [-0.3, -0.25) is 9.78 Å². The average Bonchev–Trinajstić information content (AvgIpc) is 2.35. The minimum atomic E-state index is -0.166. The lowest BCUT2D eigenvalue weighted by atomic mass is 10.2. The maximum atomic E-state index is 12.2. The number of nitrogens with zero attached hydrogens (tertiary/aromatic N) is 2. The molecular formula is C13H21N3O. The first-order valence-electron chi connectivity index (χ1n) is 5.94. The Bertz CT molecular complexity index is 351. The van der Waals surface area contributed by atoms with Gasteiger partial charge in [-0.05, 0) is 40.0 Å². The number of hydrogen-bond acceptors (Lipinski definition) is 3. The van der Waals surface area contributed by atoms with Crippen molar-refractivity contribution < 1.29 is 4.79 Å². The van der Waals surface area contributed by atoms with Crippen LogP contribution < -0.4 is 5.32 Å². The largest absolute Gasteiger partial charge is 0.333 e. The molecule has 1 atom stereocenters. The van der Waals surface area contributed by atoms with E-state index in [9.17, 15) is 4.79 Å². The Morgan fingerprint density at radius 1 is 1.41 bits per heavy atom. The van der Waals surface area contributed by atoms with E-state index < -0.39 is 0 Å². The molecule has 1 amide bonds. The van der Waals surface area contributed by atoms with E-state index in [1.807, 2.05) is 43.9 Å². The standard InChI is InChI=1S/C13H21N3O/c1-10(2)16(13(17)11(3)14-4)9-12-7-5-6-8-15-12/h5-8,10-11,14H,9H2,1-4H3. The SMILES string of the molecule is CNC(C)C(=O)N(Cc1ccccn1)C(C)C.